The molecule has 0 unspecified atom stereocenters. The molecule has 0 bridgehead atoms. The average molecular weight is 296 g/mol. The summed E-state index contributed by atoms with van der Waals surface area (Å²) in [4.78, 5) is 0. The molecule has 1 radical (unpaired) electrons. The fourth-order valence-corrected chi connectivity index (χ4v) is 3.31. The summed E-state index contributed by atoms with van der Waals surface area (Å²) in [5.41, 5.74) is 2.72. The molecule has 0 saturated heterocycles. The highest BCUT2D eigenvalue weighted by atomic mass is 79.9. The SMILES string of the molecule is C[B]c1c2ccccc2c(CBr)c2ccccc12. The summed E-state index contributed by atoms with van der Waals surface area (Å²) in [6.45, 7) is 2.11. The number of benzene rings is 3. The molecule has 0 spiro atoms. The monoisotopic (exact) mass is 295 g/mol. The van der Waals surface area contributed by atoms with Gasteiger partial charge in [-0.3, -0.25) is 0 Å². The molecular weight excluding hydrogens is 283 g/mol. The summed E-state index contributed by atoms with van der Waals surface area (Å²) in [6.07, 6.45) is 0. The van der Waals surface area contributed by atoms with E-state index in [2.05, 4.69) is 78.6 Å². The molecule has 2 heteroatoms. The zero-order valence-electron chi connectivity index (χ0n) is 10.3. The fraction of sp³-hybridized carbons (Fsp3) is 0.125. The minimum absolute atomic E-state index is 0.887. The molecule has 18 heavy (non-hydrogen) atoms. The van der Waals surface area contributed by atoms with Gasteiger partial charge >= 0.3 is 0 Å². The van der Waals surface area contributed by atoms with Crippen LogP contribution in [0.2, 0.25) is 6.82 Å². The summed E-state index contributed by atoms with van der Waals surface area (Å²) >= 11 is 3.64. The molecule has 3 rings (SSSR count). The van der Waals surface area contributed by atoms with Crippen LogP contribution in [0.4, 0.5) is 0 Å². The Labute approximate surface area is 116 Å². The van der Waals surface area contributed by atoms with Crippen molar-refractivity contribution < 1.29 is 0 Å². The molecule has 0 saturated carbocycles. The van der Waals surface area contributed by atoms with Crippen molar-refractivity contribution in [1.82, 2.24) is 0 Å². The van der Waals surface area contributed by atoms with Crippen molar-refractivity contribution in [1.29, 1.82) is 0 Å². The standard InChI is InChI=1S/C16H13BBr/c1-17-16-13-8-4-2-6-11(13)15(10-18)12-7-3-5-9-14(12)16/h2-9H,10H2,1H3. The van der Waals surface area contributed by atoms with Crippen LogP contribution in [0.15, 0.2) is 48.5 Å². The Balaban J connectivity index is 2.61. The maximum Gasteiger partial charge on any atom is 0.149 e. The maximum atomic E-state index is 3.64. The summed E-state index contributed by atoms with van der Waals surface area (Å²) in [6, 6.07) is 17.3. The van der Waals surface area contributed by atoms with Crippen molar-refractivity contribution in [3.05, 3.63) is 54.1 Å². The van der Waals surface area contributed by atoms with E-state index < -0.39 is 0 Å². The van der Waals surface area contributed by atoms with Crippen molar-refractivity contribution in [3.63, 3.8) is 0 Å². The zero-order valence-corrected chi connectivity index (χ0v) is 11.9. The Hall–Kier alpha value is -1.28. The first-order chi connectivity index (χ1) is 8.86. The lowest BCUT2D eigenvalue weighted by molar-refractivity contribution is 1.54. The lowest BCUT2D eigenvalue weighted by atomic mass is 9.68. The van der Waals surface area contributed by atoms with Crippen LogP contribution < -0.4 is 5.46 Å². The van der Waals surface area contributed by atoms with Crippen LogP contribution in [0, 0.1) is 0 Å². The van der Waals surface area contributed by atoms with E-state index in [1.807, 2.05) is 0 Å². The average Bonchev–Trinajstić information content (AvgIpc) is 2.44. The smallest absolute Gasteiger partial charge is 0.0876 e. The van der Waals surface area contributed by atoms with Crippen molar-refractivity contribution in [2.24, 2.45) is 0 Å². The third kappa shape index (κ3) is 1.67. The van der Waals surface area contributed by atoms with Gasteiger partial charge in [0.15, 0.2) is 0 Å². The second kappa shape index (κ2) is 4.77. The lowest BCUT2D eigenvalue weighted by Gasteiger charge is -2.14. The van der Waals surface area contributed by atoms with E-state index >= 15 is 0 Å². The maximum absolute atomic E-state index is 3.64. The quantitative estimate of drug-likeness (QED) is 0.376. The molecule has 3 aromatic rings. The predicted molar refractivity (Wildman–Crippen MR) is 85.3 cm³/mol. The van der Waals surface area contributed by atoms with E-state index in [1.54, 1.807) is 0 Å². The molecule has 0 heterocycles. The molecule has 0 fully saturated rings. The Morgan fingerprint density at radius 3 is 1.67 bits per heavy atom. The van der Waals surface area contributed by atoms with Gasteiger partial charge in [-0.1, -0.05) is 76.7 Å². The van der Waals surface area contributed by atoms with E-state index in [-0.39, 0.29) is 0 Å². The minimum atomic E-state index is 0.887. The van der Waals surface area contributed by atoms with Crippen LogP contribution in [0.3, 0.4) is 0 Å². The molecule has 87 valence electrons. The molecule has 0 nitrogen and oxygen atoms in total. The summed E-state index contributed by atoms with van der Waals surface area (Å²) in [5, 5.41) is 6.27. The Bertz CT molecular complexity index is 600. The normalized spacial score (nSPS) is 11.0. The summed E-state index contributed by atoms with van der Waals surface area (Å²) in [5.74, 6) is 0. The summed E-state index contributed by atoms with van der Waals surface area (Å²) in [7, 11) is 2.21. The van der Waals surface area contributed by atoms with Gasteiger partial charge in [-0.2, -0.15) is 0 Å². The Kier molecular flexibility index (Phi) is 3.13. The lowest BCUT2D eigenvalue weighted by Crippen LogP contribution is -2.14. The van der Waals surface area contributed by atoms with Gasteiger partial charge in [-0.05, 0) is 27.1 Å². The van der Waals surface area contributed by atoms with Crippen LogP contribution in [-0.4, -0.2) is 7.28 Å². The molecule has 0 aromatic heterocycles. The number of alkyl halides is 1. The summed E-state index contributed by atoms with van der Waals surface area (Å²) < 4.78 is 0. The van der Waals surface area contributed by atoms with Crippen molar-refractivity contribution >= 4 is 50.2 Å². The molecule has 0 aliphatic rings. The number of hydrogen-bond acceptors (Lipinski definition) is 0. The number of halogens is 1. The van der Waals surface area contributed by atoms with Crippen LogP contribution in [0.1, 0.15) is 5.56 Å². The molecule has 0 aliphatic carbocycles. The van der Waals surface area contributed by atoms with Gasteiger partial charge in [0.2, 0.25) is 0 Å². The highest BCUT2D eigenvalue weighted by Crippen LogP contribution is 2.28. The topological polar surface area (TPSA) is 0 Å². The zero-order chi connectivity index (χ0) is 12.5. The second-order valence-electron chi connectivity index (χ2n) is 4.41. The van der Waals surface area contributed by atoms with Crippen LogP contribution in [-0.2, 0) is 5.33 Å². The van der Waals surface area contributed by atoms with Gasteiger partial charge < -0.3 is 0 Å². The van der Waals surface area contributed by atoms with Crippen molar-refractivity contribution in [2.75, 3.05) is 0 Å². The Morgan fingerprint density at radius 1 is 0.833 bits per heavy atom. The van der Waals surface area contributed by atoms with E-state index in [0.717, 1.165) is 5.33 Å². The van der Waals surface area contributed by atoms with Crippen LogP contribution in [0.5, 0.6) is 0 Å². The van der Waals surface area contributed by atoms with Gasteiger partial charge in [0.1, 0.15) is 7.28 Å². The minimum Gasteiger partial charge on any atom is -0.0876 e. The largest absolute Gasteiger partial charge is 0.149 e. The molecule has 0 amide bonds. The third-order valence-corrected chi connectivity index (χ3v) is 4.07. The van der Waals surface area contributed by atoms with Gasteiger partial charge in [0, 0.05) is 5.33 Å². The van der Waals surface area contributed by atoms with Crippen molar-refractivity contribution in [2.45, 2.75) is 12.2 Å². The van der Waals surface area contributed by atoms with Crippen LogP contribution >= 0.6 is 15.9 Å². The van der Waals surface area contributed by atoms with Crippen molar-refractivity contribution in [3.8, 4) is 0 Å². The first-order valence-electron chi connectivity index (χ1n) is 6.14. The van der Waals surface area contributed by atoms with Gasteiger partial charge in [0.05, 0.1) is 0 Å². The van der Waals surface area contributed by atoms with Gasteiger partial charge in [-0.25, -0.2) is 0 Å². The van der Waals surface area contributed by atoms with Gasteiger partial charge in [0.25, 0.3) is 0 Å². The molecule has 0 N–H and O–H groups in total. The third-order valence-electron chi connectivity index (χ3n) is 3.51. The number of fused-ring (bicyclic) bond motifs is 2. The highest BCUT2D eigenvalue weighted by molar-refractivity contribution is 9.08. The van der Waals surface area contributed by atoms with E-state index in [0.29, 0.717) is 0 Å². The molecule has 3 aromatic carbocycles. The Morgan fingerprint density at radius 2 is 1.28 bits per heavy atom. The number of rotatable bonds is 2. The predicted octanol–water partition coefficient (Wildman–Crippen LogP) is 4.27. The van der Waals surface area contributed by atoms with Crippen LogP contribution in [0.25, 0.3) is 21.5 Å². The van der Waals surface area contributed by atoms with E-state index in [4.69, 9.17) is 0 Å². The van der Waals surface area contributed by atoms with Gasteiger partial charge in [-0.15, -0.1) is 0 Å². The highest BCUT2D eigenvalue weighted by Gasteiger charge is 2.11. The van der Waals surface area contributed by atoms with E-state index in [9.17, 15) is 0 Å². The molecule has 0 atom stereocenters. The first kappa shape index (κ1) is 11.8. The molecule has 0 aliphatic heterocycles. The number of hydrogen-bond donors (Lipinski definition) is 0. The fourth-order valence-electron chi connectivity index (χ4n) is 2.71. The first-order valence-corrected chi connectivity index (χ1v) is 7.26. The second-order valence-corrected chi connectivity index (χ2v) is 4.97. The molecular formula is C16H13BBr. The van der Waals surface area contributed by atoms with E-state index in [1.165, 1.54) is 32.6 Å².